The molecule has 0 bridgehead atoms. The number of hydrogen-bond acceptors (Lipinski definition) is 8. The standard InChI is InChI=1S/C30H32O8/c1-5-18-36-28(31)17-11-23-10-16-26(27(21-23)34-4)38-30(33)24-12-14-25(15-13-24)35-19-8-6-7-9-20-37-29(32)22(2)3/h1,10-17,21H,2,6-9,18-20H2,3-4H3. The van der Waals surface area contributed by atoms with Gasteiger partial charge in [-0.05, 0) is 80.6 Å². The minimum Gasteiger partial charge on any atom is -0.494 e. The highest BCUT2D eigenvalue weighted by atomic mass is 16.6. The van der Waals surface area contributed by atoms with Crippen molar-refractivity contribution in [3.8, 4) is 29.6 Å². The summed E-state index contributed by atoms with van der Waals surface area (Å²) >= 11 is 0. The monoisotopic (exact) mass is 520 g/mol. The van der Waals surface area contributed by atoms with E-state index in [1.165, 1.54) is 19.3 Å². The van der Waals surface area contributed by atoms with Gasteiger partial charge in [0.25, 0.3) is 0 Å². The van der Waals surface area contributed by atoms with Crippen LogP contribution >= 0.6 is 0 Å². The van der Waals surface area contributed by atoms with Crippen LogP contribution in [0.3, 0.4) is 0 Å². The number of carbonyl (C=O) groups is 3. The highest BCUT2D eigenvalue weighted by molar-refractivity contribution is 5.91. The number of unbranched alkanes of at least 4 members (excludes halogenated alkanes) is 3. The first-order valence-electron chi connectivity index (χ1n) is 12.1. The van der Waals surface area contributed by atoms with Crippen molar-refractivity contribution in [2.45, 2.75) is 32.6 Å². The van der Waals surface area contributed by atoms with E-state index in [9.17, 15) is 14.4 Å². The number of terminal acetylenes is 1. The van der Waals surface area contributed by atoms with Crippen LogP contribution < -0.4 is 14.2 Å². The van der Waals surface area contributed by atoms with Gasteiger partial charge in [0, 0.05) is 11.6 Å². The third-order valence-electron chi connectivity index (χ3n) is 5.08. The van der Waals surface area contributed by atoms with E-state index in [0.717, 1.165) is 25.7 Å². The lowest BCUT2D eigenvalue weighted by Crippen LogP contribution is -2.09. The van der Waals surface area contributed by atoms with Gasteiger partial charge in [-0.2, -0.15) is 0 Å². The molecule has 0 aliphatic carbocycles. The highest BCUT2D eigenvalue weighted by Gasteiger charge is 2.13. The summed E-state index contributed by atoms with van der Waals surface area (Å²) in [4.78, 5) is 35.5. The van der Waals surface area contributed by atoms with Crippen molar-refractivity contribution >= 4 is 24.0 Å². The third-order valence-corrected chi connectivity index (χ3v) is 5.08. The van der Waals surface area contributed by atoms with Crippen LogP contribution in [0.5, 0.6) is 17.2 Å². The molecule has 8 heteroatoms. The molecule has 0 spiro atoms. The quantitative estimate of drug-likeness (QED) is 0.104. The molecule has 0 radical (unpaired) electrons. The molecular weight excluding hydrogens is 488 g/mol. The fourth-order valence-electron chi connectivity index (χ4n) is 3.08. The van der Waals surface area contributed by atoms with Crippen LogP contribution in [0.15, 0.2) is 60.7 Å². The molecule has 0 saturated heterocycles. The van der Waals surface area contributed by atoms with Crippen LogP contribution in [0.1, 0.15) is 48.5 Å². The van der Waals surface area contributed by atoms with E-state index in [1.54, 1.807) is 49.4 Å². The Hall–Kier alpha value is -4.51. The number of rotatable bonds is 15. The van der Waals surface area contributed by atoms with Gasteiger partial charge < -0.3 is 23.7 Å². The summed E-state index contributed by atoms with van der Waals surface area (Å²) in [5, 5.41) is 0. The molecular formula is C30H32O8. The van der Waals surface area contributed by atoms with Crippen molar-refractivity contribution in [1.29, 1.82) is 0 Å². The molecule has 0 atom stereocenters. The van der Waals surface area contributed by atoms with Crippen LogP contribution in [-0.2, 0) is 19.1 Å². The minimum absolute atomic E-state index is 0.105. The van der Waals surface area contributed by atoms with Gasteiger partial charge in [-0.1, -0.05) is 18.6 Å². The van der Waals surface area contributed by atoms with Gasteiger partial charge in [-0.25, -0.2) is 14.4 Å². The second kappa shape index (κ2) is 16.3. The van der Waals surface area contributed by atoms with E-state index in [0.29, 0.717) is 41.4 Å². The maximum absolute atomic E-state index is 12.6. The van der Waals surface area contributed by atoms with Crippen LogP contribution in [0.2, 0.25) is 0 Å². The number of hydrogen-bond donors (Lipinski definition) is 0. The number of benzene rings is 2. The number of methoxy groups -OCH3 is 1. The molecule has 200 valence electrons. The van der Waals surface area contributed by atoms with Crippen LogP contribution in [0.4, 0.5) is 0 Å². The van der Waals surface area contributed by atoms with Gasteiger partial charge in [-0.15, -0.1) is 6.42 Å². The molecule has 0 aliphatic heterocycles. The number of esters is 3. The molecule has 2 rings (SSSR count). The summed E-state index contributed by atoms with van der Waals surface area (Å²) in [6, 6.07) is 11.5. The normalized spacial score (nSPS) is 10.3. The lowest BCUT2D eigenvalue weighted by atomic mass is 10.2. The molecule has 2 aromatic rings. The first kappa shape index (κ1) is 29.7. The predicted molar refractivity (Wildman–Crippen MR) is 143 cm³/mol. The summed E-state index contributed by atoms with van der Waals surface area (Å²) in [5.74, 6) is 1.94. The van der Waals surface area contributed by atoms with E-state index >= 15 is 0 Å². The fourth-order valence-corrected chi connectivity index (χ4v) is 3.08. The largest absolute Gasteiger partial charge is 0.494 e. The summed E-state index contributed by atoms with van der Waals surface area (Å²) in [7, 11) is 1.45. The molecule has 0 heterocycles. The second-order valence-electron chi connectivity index (χ2n) is 8.15. The molecule has 38 heavy (non-hydrogen) atoms. The molecule has 0 unspecified atom stereocenters. The Balaban J connectivity index is 1.79. The zero-order valence-corrected chi connectivity index (χ0v) is 21.7. The zero-order valence-electron chi connectivity index (χ0n) is 21.7. The lowest BCUT2D eigenvalue weighted by Gasteiger charge is -2.11. The molecule has 0 N–H and O–H groups in total. The van der Waals surface area contributed by atoms with Crippen LogP contribution in [0, 0.1) is 12.3 Å². The molecule has 8 nitrogen and oxygen atoms in total. The van der Waals surface area contributed by atoms with E-state index in [-0.39, 0.29) is 18.3 Å². The van der Waals surface area contributed by atoms with Crippen molar-refractivity contribution < 1.29 is 38.1 Å². The van der Waals surface area contributed by atoms with E-state index in [4.69, 9.17) is 30.1 Å². The maximum atomic E-state index is 12.6. The third kappa shape index (κ3) is 10.6. The average Bonchev–Trinajstić information content (AvgIpc) is 2.92. The van der Waals surface area contributed by atoms with Crippen molar-refractivity contribution in [2.24, 2.45) is 0 Å². The second-order valence-corrected chi connectivity index (χ2v) is 8.15. The first-order chi connectivity index (χ1) is 18.3. The Morgan fingerprint density at radius 1 is 0.947 bits per heavy atom. The Labute approximate surface area is 223 Å². The molecule has 0 aliphatic rings. The maximum Gasteiger partial charge on any atom is 0.343 e. The summed E-state index contributed by atoms with van der Waals surface area (Å²) in [5.41, 5.74) is 1.40. The SMILES string of the molecule is C#CCOC(=O)C=Cc1ccc(OC(=O)c2ccc(OCCCCCCOC(=O)C(=C)C)cc2)c(OC)c1. The molecule has 0 aromatic heterocycles. The number of carbonyl (C=O) groups excluding carboxylic acids is 3. The first-order valence-corrected chi connectivity index (χ1v) is 12.1. The van der Waals surface area contributed by atoms with Gasteiger partial charge in [0.1, 0.15) is 5.75 Å². The van der Waals surface area contributed by atoms with E-state index in [2.05, 4.69) is 12.5 Å². The number of ether oxygens (including phenoxy) is 5. The van der Waals surface area contributed by atoms with Gasteiger partial charge in [0.15, 0.2) is 18.1 Å². The smallest absolute Gasteiger partial charge is 0.343 e. The molecule has 2 aromatic carbocycles. The van der Waals surface area contributed by atoms with Crippen molar-refractivity contribution in [1.82, 2.24) is 0 Å². The minimum atomic E-state index is -0.566. The Bertz CT molecular complexity index is 1170. The molecule has 0 fully saturated rings. The molecule has 0 saturated carbocycles. The summed E-state index contributed by atoms with van der Waals surface area (Å²) in [6.45, 7) is 5.99. The Morgan fingerprint density at radius 2 is 1.66 bits per heavy atom. The summed E-state index contributed by atoms with van der Waals surface area (Å²) < 4.78 is 26.4. The fraction of sp³-hybridized carbons (Fsp3) is 0.300. The zero-order chi connectivity index (χ0) is 27.8. The van der Waals surface area contributed by atoms with E-state index < -0.39 is 11.9 Å². The highest BCUT2D eigenvalue weighted by Crippen LogP contribution is 2.29. The molecule has 0 amide bonds. The predicted octanol–water partition coefficient (Wildman–Crippen LogP) is 5.16. The van der Waals surface area contributed by atoms with Crippen molar-refractivity contribution in [3.63, 3.8) is 0 Å². The van der Waals surface area contributed by atoms with Gasteiger partial charge in [0.2, 0.25) is 0 Å². The van der Waals surface area contributed by atoms with Gasteiger partial charge in [0.05, 0.1) is 25.9 Å². The van der Waals surface area contributed by atoms with Gasteiger partial charge in [-0.3, -0.25) is 0 Å². The summed E-state index contributed by atoms with van der Waals surface area (Å²) in [6.07, 6.45) is 11.4. The average molecular weight is 521 g/mol. The Morgan fingerprint density at radius 3 is 2.32 bits per heavy atom. The topological polar surface area (TPSA) is 97.4 Å². The Kier molecular flexibility index (Phi) is 12.7. The van der Waals surface area contributed by atoms with E-state index in [1.807, 2.05) is 0 Å². The van der Waals surface area contributed by atoms with Crippen LogP contribution in [0.25, 0.3) is 6.08 Å². The van der Waals surface area contributed by atoms with Crippen molar-refractivity contribution in [2.75, 3.05) is 26.9 Å². The van der Waals surface area contributed by atoms with Crippen molar-refractivity contribution in [3.05, 3.63) is 71.8 Å². The van der Waals surface area contributed by atoms with Crippen LogP contribution in [-0.4, -0.2) is 44.8 Å². The van der Waals surface area contributed by atoms with Gasteiger partial charge >= 0.3 is 17.9 Å². The lowest BCUT2D eigenvalue weighted by molar-refractivity contribution is -0.139.